The van der Waals surface area contributed by atoms with Crippen LogP contribution >= 0.6 is 12.6 Å². The number of aromatic nitrogens is 2. The molecule has 0 aromatic carbocycles. The Morgan fingerprint density at radius 2 is 2.32 bits per heavy atom. The fraction of sp³-hybridized carbons (Fsp3) is 0.600. The normalized spacial score (nSPS) is 13.2. The second-order valence-corrected chi connectivity index (χ2v) is 6.36. The van der Waals surface area contributed by atoms with Crippen molar-refractivity contribution in [2.45, 2.75) is 18.6 Å². The van der Waals surface area contributed by atoms with Gasteiger partial charge in [-0.3, -0.25) is 4.79 Å². The molecule has 1 rings (SSSR count). The number of ether oxygens (including phenoxy) is 1. The number of hydrogen-bond acceptors (Lipinski definition) is 6. The number of hydrogen-bond donors (Lipinski definition) is 3. The number of rotatable bonds is 7. The summed E-state index contributed by atoms with van der Waals surface area (Å²) in [5, 5.41) is -0.363. The van der Waals surface area contributed by atoms with Gasteiger partial charge in [-0.1, -0.05) is 0 Å². The molecule has 0 spiro atoms. The quantitative estimate of drug-likeness (QED) is 0.487. The standard InChI is InChI=1S/C10H17N3O4S2/c1-3-17-10(14)4-9-11-5-7(13-9)8(18)6-12-19(2,15)16/h5,8,12,18H,3-4,6H2,1-2H3,(H,11,13). The Kier molecular flexibility index (Phi) is 5.83. The third kappa shape index (κ3) is 6.08. The van der Waals surface area contributed by atoms with E-state index in [-0.39, 0.29) is 24.2 Å². The number of sulfonamides is 1. The van der Waals surface area contributed by atoms with Gasteiger partial charge in [0.05, 0.1) is 18.1 Å². The zero-order valence-corrected chi connectivity index (χ0v) is 12.4. The fourth-order valence-corrected chi connectivity index (χ4v) is 2.14. The largest absolute Gasteiger partial charge is 0.466 e. The van der Waals surface area contributed by atoms with Crippen LogP contribution in [0.15, 0.2) is 6.20 Å². The summed E-state index contributed by atoms with van der Waals surface area (Å²) in [5.74, 6) is 0.0974. The van der Waals surface area contributed by atoms with Gasteiger partial charge in [0.1, 0.15) is 12.2 Å². The highest BCUT2D eigenvalue weighted by Crippen LogP contribution is 2.17. The molecule has 0 amide bonds. The van der Waals surface area contributed by atoms with Crippen molar-refractivity contribution in [2.24, 2.45) is 0 Å². The van der Waals surface area contributed by atoms with Gasteiger partial charge in [-0.05, 0) is 6.92 Å². The summed E-state index contributed by atoms with van der Waals surface area (Å²) >= 11 is 4.26. The Labute approximate surface area is 117 Å². The van der Waals surface area contributed by atoms with Crippen molar-refractivity contribution >= 4 is 28.6 Å². The summed E-state index contributed by atoms with van der Waals surface area (Å²) in [6, 6.07) is 0. The molecule has 2 N–H and O–H groups in total. The molecule has 1 aromatic heterocycles. The SMILES string of the molecule is CCOC(=O)Cc1ncc(C(S)CNS(C)(=O)=O)[nH]1. The van der Waals surface area contributed by atoms with Crippen molar-refractivity contribution in [1.29, 1.82) is 0 Å². The van der Waals surface area contributed by atoms with Crippen LogP contribution in [0, 0.1) is 0 Å². The summed E-state index contributed by atoms with van der Waals surface area (Å²) in [4.78, 5) is 18.2. The zero-order chi connectivity index (χ0) is 14.5. The topological polar surface area (TPSA) is 101 Å². The smallest absolute Gasteiger partial charge is 0.313 e. The number of H-pyrrole nitrogens is 1. The summed E-state index contributed by atoms with van der Waals surface area (Å²) < 4.78 is 29.1. The summed E-state index contributed by atoms with van der Waals surface area (Å²) in [6.07, 6.45) is 2.65. The van der Waals surface area contributed by atoms with Crippen LogP contribution in [0.3, 0.4) is 0 Å². The number of aromatic amines is 1. The van der Waals surface area contributed by atoms with Gasteiger partial charge in [-0.2, -0.15) is 12.6 Å². The molecule has 19 heavy (non-hydrogen) atoms. The maximum absolute atomic E-state index is 11.3. The first-order valence-corrected chi connectivity index (χ1v) is 8.04. The van der Waals surface area contributed by atoms with Gasteiger partial charge in [0.15, 0.2) is 0 Å². The molecule has 0 radical (unpaired) electrons. The predicted molar refractivity (Wildman–Crippen MR) is 73.5 cm³/mol. The first kappa shape index (κ1) is 16.0. The molecule has 1 unspecified atom stereocenters. The van der Waals surface area contributed by atoms with Crippen LogP contribution < -0.4 is 4.72 Å². The first-order valence-electron chi connectivity index (χ1n) is 5.64. The van der Waals surface area contributed by atoms with Gasteiger partial charge in [0, 0.05) is 18.4 Å². The minimum Gasteiger partial charge on any atom is -0.466 e. The highest BCUT2D eigenvalue weighted by Gasteiger charge is 2.14. The van der Waals surface area contributed by atoms with Crippen molar-refractivity contribution in [3.05, 3.63) is 17.7 Å². The number of carbonyl (C=O) groups is 1. The monoisotopic (exact) mass is 307 g/mol. The van der Waals surface area contributed by atoms with Crippen molar-refractivity contribution in [3.63, 3.8) is 0 Å². The molecular weight excluding hydrogens is 290 g/mol. The number of imidazole rings is 1. The molecule has 0 bridgehead atoms. The van der Waals surface area contributed by atoms with Gasteiger partial charge < -0.3 is 9.72 Å². The van der Waals surface area contributed by atoms with Crippen molar-refractivity contribution < 1.29 is 17.9 Å². The summed E-state index contributed by atoms with van der Waals surface area (Å²) in [5.41, 5.74) is 0.638. The van der Waals surface area contributed by atoms with Crippen LogP contribution in [-0.2, 0) is 26.0 Å². The van der Waals surface area contributed by atoms with Crippen LogP contribution in [0.1, 0.15) is 23.7 Å². The van der Waals surface area contributed by atoms with Crippen LogP contribution in [0.4, 0.5) is 0 Å². The Morgan fingerprint density at radius 3 is 2.89 bits per heavy atom. The molecule has 1 heterocycles. The number of esters is 1. The second-order valence-electron chi connectivity index (χ2n) is 3.90. The number of nitrogens with one attached hydrogen (secondary N) is 2. The lowest BCUT2D eigenvalue weighted by molar-refractivity contribution is -0.142. The van der Waals surface area contributed by atoms with Gasteiger partial charge in [0.2, 0.25) is 10.0 Å². The maximum atomic E-state index is 11.3. The third-order valence-corrected chi connectivity index (χ3v) is 3.31. The molecule has 1 atom stereocenters. The first-order chi connectivity index (χ1) is 8.81. The lowest BCUT2D eigenvalue weighted by Gasteiger charge is -2.08. The summed E-state index contributed by atoms with van der Waals surface area (Å²) in [7, 11) is -3.25. The van der Waals surface area contributed by atoms with E-state index in [2.05, 4.69) is 27.3 Å². The molecule has 0 fully saturated rings. The molecule has 0 aliphatic rings. The van der Waals surface area contributed by atoms with E-state index in [0.29, 0.717) is 18.1 Å². The lowest BCUT2D eigenvalue weighted by atomic mass is 10.3. The van der Waals surface area contributed by atoms with Crippen LogP contribution in [-0.4, -0.2) is 43.8 Å². The van der Waals surface area contributed by atoms with E-state index < -0.39 is 10.0 Å². The van der Waals surface area contributed by atoms with E-state index in [4.69, 9.17) is 4.74 Å². The van der Waals surface area contributed by atoms with Crippen LogP contribution in [0.5, 0.6) is 0 Å². The average molecular weight is 307 g/mol. The molecule has 0 saturated carbocycles. The Morgan fingerprint density at radius 1 is 1.63 bits per heavy atom. The Bertz CT molecular complexity index is 527. The van der Waals surface area contributed by atoms with E-state index in [1.807, 2.05) is 0 Å². The highest BCUT2D eigenvalue weighted by atomic mass is 32.2. The lowest BCUT2D eigenvalue weighted by Crippen LogP contribution is -2.25. The minimum absolute atomic E-state index is 0.0494. The maximum Gasteiger partial charge on any atom is 0.313 e. The molecule has 1 aromatic rings. The zero-order valence-electron chi connectivity index (χ0n) is 10.7. The molecule has 0 saturated heterocycles. The van der Waals surface area contributed by atoms with E-state index in [9.17, 15) is 13.2 Å². The minimum atomic E-state index is -3.25. The van der Waals surface area contributed by atoms with Gasteiger partial charge in [-0.15, -0.1) is 0 Å². The van der Waals surface area contributed by atoms with Gasteiger partial charge >= 0.3 is 5.97 Å². The molecule has 108 valence electrons. The van der Waals surface area contributed by atoms with Crippen LogP contribution in [0.25, 0.3) is 0 Å². The van der Waals surface area contributed by atoms with Gasteiger partial charge in [-0.25, -0.2) is 18.1 Å². The van der Waals surface area contributed by atoms with E-state index >= 15 is 0 Å². The molecular formula is C10H17N3O4S2. The number of nitrogens with zero attached hydrogens (tertiary/aromatic N) is 1. The number of carbonyl (C=O) groups excluding carboxylic acids is 1. The van der Waals surface area contributed by atoms with E-state index in [1.54, 1.807) is 6.92 Å². The van der Waals surface area contributed by atoms with E-state index in [1.165, 1.54) is 6.20 Å². The van der Waals surface area contributed by atoms with Crippen molar-refractivity contribution in [2.75, 3.05) is 19.4 Å². The number of thiol groups is 1. The fourth-order valence-electron chi connectivity index (χ4n) is 1.33. The molecule has 0 aliphatic heterocycles. The third-order valence-electron chi connectivity index (χ3n) is 2.16. The van der Waals surface area contributed by atoms with Crippen molar-refractivity contribution in [1.82, 2.24) is 14.7 Å². The van der Waals surface area contributed by atoms with Gasteiger partial charge in [0.25, 0.3) is 0 Å². The average Bonchev–Trinajstić information content (AvgIpc) is 2.73. The molecule has 7 nitrogen and oxygen atoms in total. The Hall–Kier alpha value is -1.06. The summed E-state index contributed by atoms with van der Waals surface area (Å²) in [6.45, 7) is 2.19. The predicted octanol–water partition coefficient (Wildman–Crippen LogP) is 0.0354. The van der Waals surface area contributed by atoms with Crippen LogP contribution in [0.2, 0.25) is 0 Å². The molecule has 9 heteroatoms. The highest BCUT2D eigenvalue weighted by molar-refractivity contribution is 7.88. The Balaban J connectivity index is 2.56. The molecule has 0 aliphatic carbocycles. The second kappa shape index (κ2) is 6.92. The van der Waals surface area contributed by atoms with E-state index in [0.717, 1.165) is 6.26 Å². The van der Waals surface area contributed by atoms with Crippen molar-refractivity contribution in [3.8, 4) is 0 Å².